The number of aromatic nitrogens is 4. The molecule has 4 rings (SSSR count). The van der Waals surface area contributed by atoms with Crippen LogP contribution >= 0.6 is 0 Å². The first-order valence-corrected chi connectivity index (χ1v) is 8.57. The van der Waals surface area contributed by atoms with Crippen LogP contribution in [0.4, 0.5) is 4.39 Å². The van der Waals surface area contributed by atoms with E-state index in [1.807, 2.05) is 19.9 Å². The molecule has 0 spiro atoms. The monoisotopic (exact) mass is 342 g/mol. The van der Waals surface area contributed by atoms with Crippen LogP contribution in [0.3, 0.4) is 0 Å². The Morgan fingerprint density at radius 2 is 2.04 bits per heavy atom. The third-order valence-corrected chi connectivity index (χ3v) is 4.74. The summed E-state index contributed by atoms with van der Waals surface area (Å²) in [5.41, 5.74) is 1.15. The minimum atomic E-state index is -0.369. The summed E-state index contributed by atoms with van der Waals surface area (Å²) in [6, 6.07) is 4.93. The number of carbonyl (C=O) groups excluding carboxylic acids is 1. The van der Waals surface area contributed by atoms with Gasteiger partial charge in [0.05, 0.1) is 5.69 Å². The molecule has 1 aliphatic rings. The summed E-state index contributed by atoms with van der Waals surface area (Å²) in [6.45, 7) is 4.02. The predicted octanol–water partition coefficient (Wildman–Crippen LogP) is 3.90. The van der Waals surface area contributed by atoms with Crippen LogP contribution in [0.5, 0.6) is 0 Å². The molecule has 0 saturated heterocycles. The molecular formula is C18H19FN4O2. The minimum absolute atomic E-state index is 0.0789. The van der Waals surface area contributed by atoms with Gasteiger partial charge >= 0.3 is 0 Å². The van der Waals surface area contributed by atoms with Crippen molar-refractivity contribution in [3.63, 3.8) is 0 Å². The Morgan fingerprint density at radius 3 is 2.76 bits per heavy atom. The van der Waals surface area contributed by atoms with Crippen molar-refractivity contribution in [3.8, 4) is 5.95 Å². The summed E-state index contributed by atoms with van der Waals surface area (Å²) in [7, 11) is 0. The van der Waals surface area contributed by atoms with Crippen LogP contribution in [0, 0.1) is 5.82 Å². The topological polar surface area (TPSA) is 73.8 Å². The van der Waals surface area contributed by atoms with E-state index in [1.165, 1.54) is 10.7 Å². The van der Waals surface area contributed by atoms with Crippen LogP contribution in [0.25, 0.3) is 16.9 Å². The summed E-state index contributed by atoms with van der Waals surface area (Å²) in [6.07, 6.45) is 2.51. The van der Waals surface area contributed by atoms with E-state index in [2.05, 4.69) is 15.2 Å². The maximum atomic E-state index is 14.4. The quantitative estimate of drug-likeness (QED) is 0.722. The highest BCUT2D eigenvalue weighted by Crippen LogP contribution is 2.32. The number of halogens is 1. The van der Waals surface area contributed by atoms with Crippen molar-refractivity contribution in [2.75, 3.05) is 0 Å². The van der Waals surface area contributed by atoms with E-state index in [0.717, 1.165) is 11.1 Å². The standard InChI is InChI=1S/C18H19FN4O2/c1-10(2)15-13-4-3-5-14(19)16(13)23(21-15)18-20-17(25-22-18)11-6-8-12(24)9-7-11/h3-5,10-11H,6-9H2,1-2H3. The number of ketones is 1. The molecule has 1 aromatic carbocycles. The molecule has 0 unspecified atom stereocenters. The average Bonchev–Trinajstić information content (AvgIpc) is 3.20. The second kappa shape index (κ2) is 6.06. The average molecular weight is 342 g/mol. The Hall–Kier alpha value is -2.57. The molecule has 0 N–H and O–H groups in total. The predicted molar refractivity (Wildman–Crippen MR) is 89.2 cm³/mol. The molecule has 1 fully saturated rings. The number of para-hydroxylation sites is 1. The van der Waals surface area contributed by atoms with Crippen molar-refractivity contribution < 1.29 is 13.7 Å². The summed E-state index contributed by atoms with van der Waals surface area (Å²) in [5, 5.41) is 9.29. The summed E-state index contributed by atoms with van der Waals surface area (Å²) < 4.78 is 21.2. The minimum Gasteiger partial charge on any atom is -0.337 e. The molecular weight excluding hydrogens is 323 g/mol. The Morgan fingerprint density at radius 1 is 1.28 bits per heavy atom. The van der Waals surface area contributed by atoms with Crippen LogP contribution < -0.4 is 0 Å². The van der Waals surface area contributed by atoms with E-state index >= 15 is 0 Å². The second-order valence-corrected chi connectivity index (χ2v) is 6.83. The van der Waals surface area contributed by atoms with Crippen molar-refractivity contribution in [2.24, 2.45) is 0 Å². The van der Waals surface area contributed by atoms with E-state index in [4.69, 9.17) is 4.52 Å². The number of Topliss-reactive ketones (excluding diaryl/α,β-unsaturated/α-hetero) is 1. The van der Waals surface area contributed by atoms with Crippen LogP contribution in [-0.4, -0.2) is 25.7 Å². The van der Waals surface area contributed by atoms with Crippen LogP contribution in [-0.2, 0) is 4.79 Å². The zero-order valence-electron chi connectivity index (χ0n) is 14.2. The molecule has 7 heteroatoms. The lowest BCUT2D eigenvalue weighted by Gasteiger charge is -2.16. The van der Waals surface area contributed by atoms with Crippen LogP contribution in [0.15, 0.2) is 22.7 Å². The molecule has 0 bridgehead atoms. The molecule has 6 nitrogen and oxygen atoms in total. The van der Waals surface area contributed by atoms with Gasteiger partial charge in [-0.1, -0.05) is 26.0 Å². The second-order valence-electron chi connectivity index (χ2n) is 6.83. The van der Waals surface area contributed by atoms with Gasteiger partial charge in [0.15, 0.2) is 0 Å². The summed E-state index contributed by atoms with van der Waals surface area (Å²) in [4.78, 5) is 15.8. The summed E-state index contributed by atoms with van der Waals surface area (Å²) >= 11 is 0. The van der Waals surface area contributed by atoms with E-state index < -0.39 is 0 Å². The number of carbonyl (C=O) groups is 1. The highest BCUT2D eigenvalue weighted by Gasteiger charge is 2.26. The molecule has 2 heterocycles. The molecule has 25 heavy (non-hydrogen) atoms. The molecule has 3 aromatic rings. The van der Waals surface area contributed by atoms with Crippen molar-refractivity contribution in [1.29, 1.82) is 0 Å². The van der Waals surface area contributed by atoms with Gasteiger partial charge < -0.3 is 4.52 Å². The fraction of sp³-hybridized carbons (Fsp3) is 0.444. The number of fused-ring (bicyclic) bond motifs is 1. The van der Waals surface area contributed by atoms with Crippen molar-refractivity contribution in [3.05, 3.63) is 35.6 Å². The van der Waals surface area contributed by atoms with Gasteiger partial charge in [0.1, 0.15) is 17.1 Å². The number of hydrogen-bond donors (Lipinski definition) is 0. The van der Waals surface area contributed by atoms with Gasteiger partial charge in [-0.25, -0.2) is 4.39 Å². The number of hydrogen-bond acceptors (Lipinski definition) is 5. The fourth-order valence-corrected chi connectivity index (χ4v) is 3.39. The number of benzene rings is 1. The Bertz CT molecular complexity index is 934. The molecule has 2 aromatic heterocycles. The van der Waals surface area contributed by atoms with E-state index in [1.54, 1.807) is 6.07 Å². The van der Waals surface area contributed by atoms with E-state index in [0.29, 0.717) is 37.1 Å². The number of rotatable bonds is 3. The first-order valence-electron chi connectivity index (χ1n) is 8.57. The first kappa shape index (κ1) is 15.9. The normalized spacial score (nSPS) is 16.2. The first-order chi connectivity index (χ1) is 12.0. The zero-order valence-corrected chi connectivity index (χ0v) is 14.2. The van der Waals surface area contributed by atoms with Gasteiger partial charge in [0.2, 0.25) is 5.89 Å². The van der Waals surface area contributed by atoms with Gasteiger partial charge in [-0.15, -0.1) is 0 Å². The van der Waals surface area contributed by atoms with Crippen molar-refractivity contribution in [1.82, 2.24) is 19.9 Å². The molecule has 0 atom stereocenters. The fourth-order valence-electron chi connectivity index (χ4n) is 3.39. The third kappa shape index (κ3) is 2.73. The zero-order chi connectivity index (χ0) is 17.6. The van der Waals surface area contributed by atoms with Gasteiger partial charge in [-0.2, -0.15) is 14.8 Å². The Labute approximate surface area is 144 Å². The lowest BCUT2D eigenvalue weighted by Crippen LogP contribution is -2.12. The highest BCUT2D eigenvalue weighted by molar-refractivity contribution is 5.84. The molecule has 1 aliphatic carbocycles. The maximum absolute atomic E-state index is 14.4. The lowest BCUT2D eigenvalue weighted by atomic mass is 9.88. The van der Waals surface area contributed by atoms with Gasteiger partial charge in [0, 0.05) is 24.1 Å². The molecule has 0 aliphatic heterocycles. The van der Waals surface area contributed by atoms with Gasteiger partial charge in [-0.05, 0) is 30.0 Å². The third-order valence-electron chi connectivity index (χ3n) is 4.74. The van der Waals surface area contributed by atoms with Crippen LogP contribution in [0.1, 0.15) is 63.0 Å². The molecule has 0 amide bonds. The highest BCUT2D eigenvalue weighted by atomic mass is 19.1. The van der Waals surface area contributed by atoms with Crippen molar-refractivity contribution in [2.45, 2.75) is 51.4 Å². The smallest absolute Gasteiger partial charge is 0.291 e. The van der Waals surface area contributed by atoms with E-state index in [-0.39, 0.29) is 29.4 Å². The Balaban J connectivity index is 1.77. The molecule has 0 radical (unpaired) electrons. The Kier molecular flexibility index (Phi) is 3.86. The van der Waals surface area contributed by atoms with Crippen LogP contribution in [0.2, 0.25) is 0 Å². The molecule has 1 saturated carbocycles. The maximum Gasteiger partial charge on any atom is 0.291 e. The summed E-state index contributed by atoms with van der Waals surface area (Å²) in [5.74, 6) is 0.850. The van der Waals surface area contributed by atoms with E-state index in [9.17, 15) is 9.18 Å². The van der Waals surface area contributed by atoms with Gasteiger partial charge in [-0.3, -0.25) is 4.79 Å². The SMILES string of the molecule is CC(C)c1nn(-c2noc(C3CCC(=O)CC3)n2)c2c(F)cccc12. The lowest BCUT2D eigenvalue weighted by molar-refractivity contribution is -0.120. The molecule has 130 valence electrons. The number of nitrogens with zero attached hydrogens (tertiary/aromatic N) is 4. The van der Waals surface area contributed by atoms with Gasteiger partial charge in [0.25, 0.3) is 5.95 Å². The largest absolute Gasteiger partial charge is 0.337 e. The van der Waals surface area contributed by atoms with Crippen molar-refractivity contribution >= 4 is 16.7 Å².